The van der Waals surface area contributed by atoms with E-state index in [9.17, 15) is 4.79 Å². The van der Waals surface area contributed by atoms with Gasteiger partial charge in [-0.05, 0) is 45.4 Å². The van der Waals surface area contributed by atoms with Crippen molar-refractivity contribution in [3.63, 3.8) is 0 Å². The molecule has 0 saturated heterocycles. The number of amides is 1. The van der Waals surface area contributed by atoms with Crippen molar-refractivity contribution in [3.8, 4) is 5.69 Å². The van der Waals surface area contributed by atoms with Crippen molar-refractivity contribution in [2.75, 3.05) is 0 Å². The predicted octanol–water partition coefficient (Wildman–Crippen LogP) is 1.84. The number of aromatic nitrogens is 2. The molecular formula is C16H22N4O. The molecule has 5 heteroatoms. The molecule has 1 aromatic heterocycles. The second-order valence-corrected chi connectivity index (χ2v) is 5.87. The summed E-state index contributed by atoms with van der Waals surface area (Å²) >= 11 is 0. The normalized spacial score (nSPS) is 11.5. The van der Waals surface area contributed by atoms with Crippen LogP contribution in [0.2, 0.25) is 0 Å². The Morgan fingerprint density at radius 2 is 2.00 bits per heavy atom. The molecule has 5 nitrogen and oxygen atoms in total. The van der Waals surface area contributed by atoms with Crippen LogP contribution in [0.25, 0.3) is 5.69 Å². The van der Waals surface area contributed by atoms with E-state index in [1.165, 1.54) is 0 Å². The molecule has 0 aliphatic heterocycles. The SMILES string of the molecule is Cc1cc(C)n(-c2ccccc2CNC(=O)C(C)(C)N)n1. The highest BCUT2D eigenvalue weighted by atomic mass is 16.2. The highest BCUT2D eigenvalue weighted by molar-refractivity contribution is 5.85. The number of aryl methyl sites for hydroxylation is 2. The summed E-state index contributed by atoms with van der Waals surface area (Å²) in [7, 11) is 0. The topological polar surface area (TPSA) is 72.9 Å². The molecule has 1 amide bonds. The van der Waals surface area contributed by atoms with Gasteiger partial charge in [-0.2, -0.15) is 5.10 Å². The van der Waals surface area contributed by atoms with Crippen LogP contribution in [0.1, 0.15) is 30.8 Å². The summed E-state index contributed by atoms with van der Waals surface area (Å²) in [4.78, 5) is 11.9. The maximum absolute atomic E-state index is 11.9. The van der Waals surface area contributed by atoms with E-state index in [0.717, 1.165) is 22.6 Å². The number of nitrogens with one attached hydrogen (secondary N) is 1. The van der Waals surface area contributed by atoms with Gasteiger partial charge in [0.25, 0.3) is 0 Å². The first-order chi connectivity index (χ1) is 9.79. The lowest BCUT2D eigenvalue weighted by atomic mass is 10.1. The van der Waals surface area contributed by atoms with E-state index in [-0.39, 0.29) is 5.91 Å². The zero-order valence-electron chi connectivity index (χ0n) is 13.0. The van der Waals surface area contributed by atoms with Crippen molar-refractivity contribution in [2.45, 2.75) is 39.8 Å². The number of nitrogens with zero attached hydrogens (tertiary/aromatic N) is 2. The quantitative estimate of drug-likeness (QED) is 0.900. The first kappa shape index (κ1) is 15.3. The van der Waals surface area contributed by atoms with E-state index in [0.29, 0.717) is 6.54 Å². The number of carbonyl (C=O) groups excluding carboxylic acids is 1. The molecule has 2 aromatic rings. The Morgan fingerprint density at radius 1 is 1.33 bits per heavy atom. The Morgan fingerprint density at radius 3 is 2.57 bits per heavy atom. The molecule has 0 atom stereocenters. The maximum atomic E-state index is 11.9. The Labute approximate surface area is 125 Å². The zero-order valence-corrected chi connectivity index (χ0v) is 13.0. The summed E-state index contributed by atoms with van der Waals surface area (Å²) in [6.07, 6.45) is 0. The molecule has 0 bridgehead atoms. The summed E-state index contributed by atoms with van der Waals surface area (Å²) < 4.78 is 1.89. The molecule has 112 valence electrons. The zero-order chi connectivity index (χ0) is 15.6. The minimum atomic E-state index is -0.882. The van der Waals surface area contributed by atoms with Gasteiger partial charge < -0.3 is 11.1 Å². The number of hydrogen-bond acceptors (Lipinski definition) is 3. The van der Waals surface area contributed by atoms with Crippen LogP contribution in [-0.2, 0) is 11.3 Å². The third-order valence-electron chi connectivity index (χ3n) is 3.25. The molecule has 0 spiro atoms. The van der Waals surface area contributed by atoms with Crippen molar-refractivity contribution >= 4 is 5.91 Å². The summed E-state index contributed by atoms with van der Waals surface area (Å²) in [5, 5.41) is 7.37. The van der Waals surface area contributed by atoms with Crippen LogP contribution in [0.4, 0.5) is 0 Å². The van der Waals surface area contributed by atoms with Crippen molar-refractivity contribution < 1.29 is 4.79 Å². The number of para-hydroxylation sites is 1. The molecule has 3 N–H and O–H groups in total. The van der Waals surface area contributed by atoms with Gasteiger partial charge in [0.2, 0.25) is 5.91 Å². The average Bonchev–Trinajstić information content (AvgIpc) is 2.74. The minimum Gasteiger partial charge on any atom is -0.350 e. The highest BCUT2D eigenvalue weighted by Gasteiger charge is 2.21. The number of benzene rings is 1. The van der Waals surface area contributed by atoms with Gasteiger partial charge in [-0.25, -0.2) is 4.68 Å². The molecule has 0 saturated carbocycles. The monoisotopic (exact) mass is 286 g/mol. The standard InChI is InChI=1S/C16H22N4O/c1-11-9-12(2)20(19-11)14-8-6-5-7-13(14)10-18-15(21)16(3,4)17/h5-9H,10,17H2,1-4H3,(H,18,21). The average molecular weight is 286 g/mol. The number of nitrogens with two attached hydrogens (primary N) is 1. The van der Waals surface area contributed by atoms with Crippen molar-refractivity contribution in [3.05, 3.63) is 47.3 Å². The molecular weight excluding hydrogens is 264 g/mol. The minimum absolute atomic E-state index is 0.175. The predicted molar refractivity (Wildman–Crippen MR) is 83.2 cm³/mol. The van der Waals surface area contributed by atoms with E-state index in [4.69, 9.17) is 5.73 Å². The van der Waals surface area contributed by atoms with Crippen LogP contribution in [0.5, 0.6) is 0 Å². The fourth-order valence-corrected chi connectivity index (χ4v) is 2.14. The van der Waals surface area contributed by atoms with E-state index in [1.54, 1.807) is 13.8 Å². The number of hydrogen-bond donors (Lipinski definition) is 2. The first-order valence-corrected chi connectivity index (χ1v) is 6.98. The molecule has 1 aromatic carbocycles. The lowest BCUT2D eigenvalue weighted by molar-refractivity contribution is -0.125. The van der Waals surface area contributed by atoms with Gasteiger partial charge in [0, 0.05) is 12.2 Å². The van der Waals surface area contributed by atoms with Crippen LogP contribution in [0, 0.1) is 13.8 Å². The van der Waals surface area contributed by atoms with Gasteiger partial charge in [-0.15, -0.1) is 0 Å². The summed E-state index contributed by atoms with van der Waals surface area (Å²) in [5.41, 5.74) is 8.91. The molecule has 0 unspecified atom stereocenters. The van der Waals surface area contributed by atoms with Crippen molar-refractivity contribution in [1.82, 2.24) is 15.1 Å². The first-order valence-electron chi connectivity index (χ1n) is 6.98. The summed E-state index contributed by atoms with van der Waals surface area (Å²) in [5.74, 6) is -0.175. The molecule has 0 aliphatic carbocycles. The molecule has 2 rings (SSSR count). The van der Waals surface area contributed by atoms with E-state index in [1.807, 2.05) is 48.9 Å². The maximum Gasteiger partial charge on any atom is 0.239 e. The second kappa shape index (κ2) is 5.69. The van der Waals surface area contributed by atoms with Crippen LogP contribution in [0.15, 0.2) is 30.3 Å². The number of carbonyl (C=O) groups is 1. The Hall–Kier alpha value is -2.14. The van der Waals surface area contributed by atoms with Crippen molar-refractivity contribution in [1.29, 1.82) is 0 Å². The van der Waals surface area contributed by atoms with Gasteiger partial charge in [0.15, 0.2) is 0 Å². The van der Waals surface area contributed by atoms with Crippen LogP contribution in [0.3, 0.4) is 0 Å². The molecule has 1 heterocycles. The number of rotatable bonds is 4. The Kier molecular flexibility index (Phi) is 4.14. The van der Waals surface area contributed by atoms with Gasteiger partial charge in [0.05, 0.1) is 16.9 Å². The molecule has 0 fully saturated rings. The van der Waals surface area contributed by atoms with E-state index in [2.05, 4.69) is 10.4 Å². The lowest BCUT2D eigenvalue weighted by Gasteiger charge is -2.19. The van der Waals surface area contributed by atoms with Crippen molar-refractivity contribution in [2.24, 2.45) is 5.73 Å². The smallest absolute Gasteiger partial charge is 0.239 e. The van der Waals surface area contributed by atoms with Crippen LogP contribution in [-0.4, -0.2) is 21.2 Å². The van der Waals surface area contributed by atoms with Gasteiger partial charge in [-0.1, -0.05) is 18.2 Å². The highest BCUT2D eigenvalue weighted by Crippen LogP contribution is 2.17. The molecule has 0 aliphatic rings. The molecule has 0 radical (unpaired) electrons. The van der Waals surface area contributed by atoms with Crippen LogP contribution >= 0.6 is 0 Å². The largest absolute Gasteiger partial charge is 0.350 e. The van der Waals surface area contributed by atoms with Gasteiger partial charge in [-0.3, -0.25) is 4.79 Å². The summed E-state index contributed by atoms with van der Waals surface area (Å²) in [6, 6.07) is 9.91. The molecule has 21 heavy (non-hydrogen) atoms. The Balaban J connectivity index is 2.26. The third-order valence-corrected chi connectivity index (χ3v) is 3.25. The fraction of sp³-hybridized carbons (Fsp3) is 0.375. The second-order valence-electron chi connectivity index (χ2n) is 5.87. The third kappa shape index (κ3) is 3.49. The Bertz CT molecular complexity index is 653. The fourth-order valence-electron chi connectivity index (χ4n) is 2.14. The van der Waals surface area contributed by atoms with Crippen LogP contribution < -0.4 is 11.1 Å². The van der Waals surface area contributed by atoms with Gasteiger partial charge in [0.1, 0.15) is 0 Å². The van der Waals surface area contributed by atoms with Gasteiger partial charge >= 0.3 is 0 Å². The lowest BCUT2D eigenvalue weighted by Crippen LogP contribution is -2.48. The van der Waals surface area contributed by atoms with E-state index < -0.39 is 5.54 Å². The van der Waals surface area contributed by atoms with E-state index >= 15 is 0 Å². The summed E-state index contributed by atoms with van der Waals surface area (Å²) in [6.45, 7) is 7.78.